The Morgan fingerprint density at radius 2 is 1.82 bits per heavy atom. The fourth-order valence-electron chi connectivity index (χ4n) is 2.95. The molecule has 0 aromatic heterocycles. The standard InChI is InChI=1S/C22H28N2O4/c1-5-20(22(26)23-3)24(14-17-9-11-18(27-4)12-10-17)21(25)15-28-19-8-6-7-16(2)13-19/h6-13,20H,5,14-15H2,1-4H3,(H,23,26). The number of carbonyl (C=O) groups excluding carboxylic acids is 2. The van der Waals surface area contributed by atoms with Crippen LogP contribution in [0.4, 0.5) is 0 Å². The van der Waals surface area contributed by atoms with E-state index in [1.54, 1.807) is 19.1 Å². The van der Waals surface area contributed by atoms with Gasteiger partial charge in [-0.3, -0.25) is 9.59 Å². The third-order valence-corrected chi connectivity index (χ3v) is 4.50. The summed E-state index contributed by atoms with van der Waals surface area (Å²) < 4.78 is 10.8. The van der Waals surface area contributed by atoms with Gasteiger partial charge in [0.2, 0.25) is 5.91 Å². The Morgan fingerprint density at radius 1 is 1.11 bits per heavy atom. The average molecular weight is 384 g/mol. The van der Waals surface area contributed by atoms with E-state index in [2.05, 4.69) is 5.32 Å². The maximum Gasteiger partial charge on any atom is 0.261 e. The number of hydrogen-bond acceptors (Lipinski definition) is 4. The fourth-order valence-corrected chi connectivity index (χ4v) is 2.95. The van der Waals surface area contributed by atoms with Gasteiger partial charge >= 0.3 is 0 Å². The zero-order valence-corrected chi connectivity index (χ0v) is 16.9. The van der Waals surface area contributed by atoms with Crippen molar-refractivity contribution < 1.29 is 19.1 Å². The Balaban J connectivity index is 2.17. The first-order valence-electron chi connectivity index (χ1n) is 9.32. The van der Waals surface area contributed by atoms with E-state index in [1.165, 1.54) is 0 Å². The summed E-state index contributed by atoms with van der Waals surface area (Å²) in [5.74, 6) is 0.932. The second kappa shape index (κ2) is 10.3. The molecular weight excluding hydrogens is 356 g/mol. The van der Waals surface area contributed by atoms with Crippen LogP contribution in [0.25, 0.3) is 0 Å². The number of methoxy groups -OCH3 is 1. The number of aryl methyl sites for hydroxylation is 1. The van der Waals surface area contributed by atoms with Gasteiger partial charge in [0.05, 0.1) is 7.11 Å². The molecule has 1 atom stereocenters. The highest BCUT2D eigenvalue weighted by atomic mass is 16.5. The van der Waals surface area contributed by atoms with Crippen LogP contribution < -0.4 is 14.8 Å². The van der Waals surface area contributed by atoms with Crippen LogP contribution in [0.2, 0.25) is 0 Å². The molecule has 0 bridgehead atoms. The third-order valence-electron chi connectivity index (χ3n) is 4.50. The van der Waals surface area contributed by atoms with Gasteiger partial charge < -0.3 is 19.7 Å². The van der Waals surface area contributed by atoms with E-state index in [4.69, 9.17) is 9.47 Å². The molecule has 0 radical (unpaired) electrons. The first-order valence-corrected chi connectivity index (χ1v) is 9.32. The lowest BCUT2D eigenvalue weighted by Gasteiger charge is -2.30. The Kier molecular flexibility index (Phi) is 7.87. The maximum atomic E-state index is 12.9. The van der Waals surface area contributed by atoms with Crippen LogP contribution in [-0.4, -0.2) is 43.5 Å². The molecule has 6 nitrogen and oxygen atoms in total. The fraction of sp³-hybridized carbons (Fsp3) is 0.364. The quantitative estimate of drug-likeness (QED) is 0.722. The van der Waals surface area contributed by atoms with Crippen LogP contribution in [0.15, 0.2) is 48.5 Å². The van der Waals surface area contributed by atoms with Gasteiger partial charge in [0, 0.05) is 13.6 Å². The van der Waals surface area contributed by atoms with E-state index in [-0.39, 0.29) is 18.4 Å². The number of nitrogens with one attached hydrogen (secondary N) is 1. The molecule has 0 heterocycles. The molecule has 2 amide bonds. The van der Waals surface area contributed by atoms with E-state index in [9.17, 15) is 9.59 Å². The third kappa shape index (κ3) is 5.74. The number of hydrogen-bond donors (Lipinski definition) is 1. The molecule has 0 fully saturated rings. The molecule has 1 N–H and O–H groups in total. The van der Waals surface area contributed by atoms with Gasteiger partial charge in [0.1, 0.15) is 17.5 Å². The summed E-state index contributed by atoms with van der Waals surface area (Å²) in [4.78, 5) is 26.8. The van der Waals surface area contributed by atoms with Crippen LogP contribution in [0.3, 0.4) is 0 Å². The van der Waals surface area contributed by atoms with Gasteiger partial charge in [-0.05, 0) is 48.7 Å². The smallest absolute Gasteiger partial charge is 0.261 e. The van der Waals surface area contributed by atoms with Crippen molar-refractivity contribution in [1.82, 2.24) is 10.2 Å². The lowest BCUT2D eigenvalue weighted by molar-refractivity contribution is -0.142. The summed E-state index contributed by atoms with van der Waals surface area (Å²) in [6, 6.07) is 14.4. The molecular formula is C22H28N2O4. The Labute approximate surface area is 166 Å². The highest BCUT2D eigenvalue weighted by molar-refractivity contribution is 5.88. The largest absolute Gasteiger partial charge is 0.497 e. The highest BCUT2D eigenvalue weighted by Crippen LogP contribution is 2.17. The minimum atomic E-state index is -0.569. The first kappa shape index (κ1) is 21.3. The minimum Gasteiger partial charge on any atom is -0.497 e. The van der Waals surface area contributed by atoms with Crippen molar-refractivity contribution in [2.75, 3.05) is 20.8 Å². The van der Waals surface area contributed by atoms with E-state index >= 15 is 0 Å². The van der Waals surface area contributed by atoms with Crippen LogP contribution in [-0.2, 0) is 16.1 Å². The van der Waals surface area contributed by atoms with Crippen LogP contribution >= 0.6 is 0 Å². The number of likely N-dealkylation sites (N-methyl/N-ethyl adjacent to an activating group) is 1. The van der Waals surface area contributed by atoms with Gasteiger partial charge in [-0.15, -0.1) is 0 Å². The molecule has 0 aliphatic heterocycles. The summed E-state index contributed by atoms with van der Waals surface area (Å²) in [6.45, 7) is 4.03. The van der Waals surface area contributed by atoms with Crippen molar-refractivity contribution in [3.8, 4) is 11.5 Å². The van der Waals surface area contributed by atoms with E-state index in [0.717, 1.165) is 16.9 Å². The Hall–Kier alpha value is -3.02. The second-order valence-electron chi connectivity index (χ2n) is 6.51. The Bertz CT molecular complexity index is 789. The predicted octanol–water partition coefficient (Wildman–Crippen LogP) is 2.94. The van der Waals surface area contributed by atoms with Gasteiger partial charge in [0.25, 0.3) is 5.91 Å². The number of rotatable bonds is 9. The summed E-state index contributed by atoms with van der Waals surface area (Å²) >= 11 is 0. The van der Waals surface area contributed by atoms with E-state index in [0.29, 0.717) is 18.7 Å². The average Bonchev–Trinajstić information content (AvgIpc) is 2.72. The molecule has 0 aliphatic rings. The molecule has 28 heavy (non-hydrogen) atoms. The van der Waals surface area contributed by atoms with Crippen molar-refractivity contribution in [3.63, 3.8) is 0 Å². The normalized spacial score (nSPS) is 11.4. The van der Waals surface area contributed by atoms with Crippen molar-refractivity contribution in [2.45, 2.75) is 32.9 Å². The monoisotopic (exact) mass is 384 g/mol. The molecule has 1 unspecified atom stereocenters. The SMILES string of the molecule is CCC(C(=O)NC)N(Cc1ccc(OC)cc1)C(=O)COc1cccc(C)c1. The number of carbonyl (C=O) groups is 2. The van der Waals surface area contributed by atoms with Crippen molar-refractivity contribution in [1.29, 1.82) is 0 Å². The van der Waals surface area contributed by atoms with Crippen molar-refractivity contribution >= 4 is 11.8 Å². The first-order chi connectivity index (χ1) is 13.5. The topological polar surface area (TPSA) is 67.9 Å². The van der Waals surface area contributed by atoms with Gasteiger partial charge in [-0.25, -0.2) is 0 Å². The summed E-state index contributed by atoms with van der Waals surface area (Å²) in [5, 5.41) is 2.64. The molecule has 0 saturated heterocycles. The highest BCUT2D eigenvalue weighted by Gasteiger charge is 2.28. The molecule has 0 saturated carbocycles. The predicted molar refractivity (Wildman–Crippen MR) is 108 cm³/mol. The summed E-state index contributed by atoms with van der Waals surface area (Å²) in [6.07, 6.45) is 0.506. The molecule has 2 aromatic rings. The van der Waals surface area contributed by atoms with Gasteiger partial charge in [-0.2, -0.15) is 0 Å². The van der Waals surface area contributed by atoms with Gasteiger partial charge in [0.15, 0.2) is 6.61 Å². The van der Waals surface area contributed by atoms with Crippen LogP contribution in [0, 0.1) is 6.92 Å². The number of benzene rings is 2. The van der Waals surface area contributed by atoms with E-state index < -0.39 is 6.04 Å². The number of ether oxygens (including phenoxy) is 2. The van der Waals surface area contributed by atoms with Gasteiger partial charge in [-0.1, -0.05) is 31.2 Å². The minimum absolute atomic E-state index is 0.132. The molecule has 150 valence electrons. The summed E-state index contributed by atoms with van der Waals surface area (Å²) in [7, 11) is 3.18. The van der Waals surface area contributed by atoms with E-state index in [1.807, 2.05) is 62.4 Å². The number of nitrogens with zero attached hydrogens (tertiary/aromatic N) is 1. The number of amides is 2. The van der Waals surface area contributed by atoms with Crippen LogP contribution in [0.1, 0.15) is 24.5 Å². The molecule has 0 aliphatic carbocycles. The lowest BCUT2D eigenvalue weighted by Crippen LogP contribution is -2.49. The zero-order chi connectivity index (χ0) is 20.5. The zero-order valence-electron chi connectivity index (χ0n) is 16.9. The molecule has 0 spiro atoms. The molecule has 6 heteroatoms. The molecule has 2 aromatic carbocycles. The maximum absolute atomic E-state index is 12.9. The molecule has 2 rings (SSSR count). The van der Waals surface area contributed by atoms with Crippen molar-refractivity contribution in [2.24, 2.45) is 0 Å². The van der Waals surface area contributed by atoms with Crippen LogP contribution in [0.5, 0.6) is 11.5 Å². The lowest BCUT2D eigenvalue weighted by atomic mass is 10.1. The Morgan fingerprint density at radius 3 is 2.39 bits per heavy atom. The van der Waals surface area contributed by atoms with Crippen molar-refractivity contribution in [3.05, 3.63) is 59.7 Å². The summed E-state index contributed by atoms with van der Waals surface area (Å²) in [5.41, 5.74) is 1.96. The second-order valence-corrected chi connectivity index (χ2v) is 6.51.